The first-order chi connectivity index (χ1) is 20.5. The molecular formula is C34H43N3O5. The molecule has 4 aromatic rings. The SMILES string of the molecule is COc1cc(C(=O)NCCCCCc2nc3ccccc3n2CCCOc2ccccc2C(C)C)cc(OC)c1OC. The molecule has 224 valence electrons. The molecule has 1 N–H and O–H groups in total. The molecule has 0 unspecified atom stereocenters. The van der Waals surface area contributed by atoms with E-state index in [2.05, 4.69) is 60.1 Å². The molecule has 0 saturated heterocycles. The Labute approximate surface area is 249 Å². The first kappa shape index (κ1) is 30.8. The van der Waals surface area contributed by atoms with E-state index in [-0.39, 0.29) is 5.91 Å². The van der Waals surface area contributed by atoms with Crippen molar-refractivity contribution in [2.24, 2.45) is 0 Å². The molecule has 0 saturated carbocycles. The maximum atomic E-state index is 12.8. The highest BCUT2D eigenvalue weighted by Gasteiger charge is 2.17. The second-order valence-corrected chi connectivity index (χ2v) is 10.5. The van der Waals surface area contributed by atoms with Gasteiger partial charge >= 0.3 is 0 Å². The maximum Gasteiger partial charge on any atom is 0.251 e. The Hall–Kier alpha value is -4.20. The summed E-state index contributed by atoms with van der Waals surface area (Å²) < 4.78 is 24.6. The molecule has 1 aromatic heterocycles. The van der Waals surface area contributed by atoms with Crippen molar-refractivity contribution in [1.29, 1.82) is 0 Å². The van der Waals surface area contributed by atoms with E-state index in [1.807, 2.05) is 12.1 Å². The number of nitrogens with zero attached hydrogens (tertiary/aromatic N) is 2. The van der Waals surface area contributed by atoms with Gasteiger partial charge in [-0.2, -0.15) is 0 Å². The standard InChI is InChI=1S/C34H43N3O5/c1-24(2)26-14-8-11-17-29(26)42-21-13-20-37-28-16-10-9-15-27(28)36-32(37)18-7-6-12-19-35-34(38)25-22-30(39-3)33(41-5)31(23-25)40-4/h8-11,14-17,22-24H,6-7,12-13,18-21H2,1-5H3,(H,35,38). The molecule has 0 spiro atoms. The lowest BCUT2D eigenvalue weighted by Gasteiger charge is -2.15. The third-order valence-corrected chi connectivity index (χ3v) is 7.35. The molecule has 1 amide bonds. The van der Waals surface area contributed by atoms with E-state index in [9.17, 15) is 4.79 Å². The van der Waals surface area contributed by atoms with Crippen LogP contribution in [0.3, 0.4) is 0 Å². The minimum Gasteiger partial charge on any atom is -0.493 e. The predicted molar refractivity (Wildman–Crippen MR) is 166 cm³/mol. The van der Waals surface area contributed by atoms with Crippen LogP contribution in [0.25, 0.3) is 11.0 Å². The zero-order valence-electron chi connectivity index (χ0n) is 25.4. The number of rotatable bonds is 16. The number of aryl methyl sites for hydroxylation is 2. The molecule has 0 fully saturated rings. The van der Waals surface area contributed by atoms with Gasteiger partial charge in [0.1, 0.15) is 11.6 Å². The number of imidazole rings is 1. The van der Waals surface area contributed by atoms with E-state index in [1.54, 1.807) is 12.1 Å². The van der Waals surface area contributed by atoms with Crippen LogP contribution < -0.4 is 24.3 Å². The number of aromatic nitrogens is 2. The highest BCUT2D eigenvalue weighted by molar-refractivity contribution is 5.95. The topological polar surface area (TPSA) is 83.8 Å². The molecule has 0 atom stereocenters. The third-order valence-electron chi connectivity index (χ3n) is 7.35. The lowest BCUT2D eigenvalue weighted by atomic mass is 10.0. The zero-order chi connectivity index (χ0) is 29.9. The largest absolute Gasteiger partial charge is 0.493 e. The number of unbranched alkanes of at least 4 members (excludes halogenated alkanes) is 2. The van der Waals surface area contributed by atoms with Crippen molar-refractivity contribution in [2.45, 2.75) is 58.4 Å². The average Bonchev–Trinajstić information content (AvgIpc) is 3.37. The number of carbonyl (C=O) groups is 1. The van der Waals surface area contributed by atoms with Crippen LogP contribution in [0.1, 0.15) is 67.2 Å². The Morgan fingerprint density at radius 1 is 0.857 bits per heavy atom. The summed E-state index contributed by atoms with van der Waals surface area (Å²) >= 11 is 0. The Morgan fingerprint density at radius 2 is 1.57 bits per heavy atom. The van der Waals surface area contributed by atoms with Gasteiger partial charge in [-0.3, -0.25) is 4.79 Å². The number of nitrogens with one attached hydrogen (secondary N) is 1. The summed E-state index contributed by atoms with van der Waals surface area (Å²) in [5, 5.41) is 3.00. The molecule has 0 aliphatic heterocycles. The minimum absolute atomic E-state index is 0.172. The van der Waals surface area contributed by atoms with E-state index in [1.165, 1.54) is 26.9 Å². The number of methoxy groups -OCH3 is 3. The van der Waals surface area contributed by atoms with Gasteiger partial charge in [-0.05, 0) is 61.1 Å². The normalized spacial score (nSPS) is 11.1. The third kappa shape index (κ3) is 7.55. The van der Waals surface area contributed by atoms with Gasteiger partial charge in [0.25, 0.3) is 5.91 Å². The monoisotopic (exact) mass is 573 g/mol. The molecule has 8 nitrogen and oxygen atoms in total. The quantitative estimate of drug-likeness (QED) is 0.149. The van der Waals surface area contributed by atoms with Gasteiger partial charge in [0, 0.05) is 25.1 Å². The fraction of sp³-hybridized carbons (Fsp3) is 0.412. The maximum absolute atomic E-state index is 12.8. The number of para-hydroxylation sites is 3. The lowest BCUT2D eigenvalue weighted by molar-refractivity contribution is 0.0952. The molecular weight excluding hydrogens is 530 g/mol. The van der Waals surface area contributed by atoms with Crippen molar-refractivity contribution < 1.29 is 23.7 Å². The second-order valence-electron chi connectivity index (χ2n) is 10.5. The highest BCUT2D eigenvalue weighted by atomic mass is 16.5. The smallest absolute Gasteiger partial charge is 0.251 e. The number of benzene rings is 3. The van der Waals surface area contributed by atoms with E-state index in [4.69, 9.17) is 23.9 Å². The van der Waals surface area contributed by atoms with Crippen LogP contribution in [0.2, 0.25) is 0 Å². The van der Waals surface area contributed by atoms with Crippen LogP contribution in [-0.2, 0) is 13.0 Å². The summed E-state index contributed by atoms with van der Waals surface area (Å²) in [6.45, 7) is 6.47. The minimum atomic E-state index is -0.172. The number of carbonyl (C=O) groups excluding carboxylic acids is 1. The molecule has 1 heterocycles. The van der Waals surface area contributed by atoms with Gasteiger partial charge in [-0.25, -0.2) is 4.98 Å². The van der Waals surface area contributed by atoms with E-state index < -0.39 is 0 Å². The molecule has 0 aliphatic carbocycles. The highest BCUT2D eigenvalue weighted by Crippen LogP contribution is 2.38. The van der Waals surface area contributed by atoms with Crippen LogP contribution in [-0.4, -0.2) is 49.9 Å². The van der Waals surface area contributed by atoms with Gasteiger partial charge in [0.2, 0.25) is 5.75 Å². The van der Waals surface area contributed by atoms with Crippen molar-refractivity contribution in [3.05, 3.63) is 77.6 Å². The molecule has 3 aromatic carbocycles. The molecule has 0 radical (unpaired) electrons. The van der Waals surface area contributed by atoms with Crippen molar-refractivity contribution in [1.82, 2.24) is 14.9 Å². The van der Waals surface area contributed by atoms with Crippen molar-refractivity contribution in [3.8, 4) is 23.0 Å². The average molecular weight is 574 g/mol. The lowest BCUT2D eigenvalue weighted by Crippen LogP contribution is -2.24. The Morgan fingerprint density at radius 3 is 2.29 bits per heavy atom. The Bertz CT molecular complexity index is 1440. The Kier molecular flexibility index (Phi) is 11.1. The van der Waals surface area contributed by atoms with Gasteiger partial charge in [-0.15, -0.1) is 0 Å². The van der Waals surface area contributed by atoms with Gasteiger partial charge < -0.3 is 28.8 Å². The molecule has 0 bridgehead atoms. The van der Waals surface area contributed by atoms with Gasteiger partial charge in [0.15, 0.2) is 11.5 Å². The van der Waals surface area contributed by atoms with Crippen molar-refractivity contribution in [3.63, 3.8) is 0 Å². The first-order valence-corrected chi connectivity index (χ1v) is 14.7. The number of amides is 1. The number of hydrogen-bond donors (Lipinski definition) is 1. The summed E-state index contributed by atoms with van der Waals surface area (Å²) in [7, 11) is 4.61. The van der Waals surface area contributed by atoms with Crippen LogP contribution >= 0.6 is 0 Å². The number of fused-ring (bicyclic) bond motifs is 1. The van der Waals surface area contributed by atoms with E-state index in [0.29, 0.717) is 41.9 Å². The van der Waals surface area contributed by atoms with Crippen LogP contribution in [0, 0.1) is 0 Å². The van der Waals surface area contributed by atoms with E-state index >= 15 is 0 Å². The molecule has 0 aliphatic rings. The first-order valence-electron chi connectivity index (χ1n) is 14.7. The molecule has 8 heteroatoms. The van der Waals surface area contributed by atoms with E-state index in [0.717, 1.165) is 61.3 Å². The molecule has 4 rings (SSSR count). The summed E-state index contributed by atoms with van der Waals surface area (Å²) in [6, 6.07) is 19.9. The fourth-order valence-electron chi connectivity index (χ4n) is 5.16. The molecule has 42 heavy (non-hydrogen) atoms. The fourth-order valence-corrected chi connectivity index (χ4v) is 5.16. The summed E-state index contributed by atoms with van der Waals surface area (Å²) in [5.74, 6) is 3.70. The predicted octanol–water partition coefficient (Wildman–Crippen LogP) is 6.80. The summed E-state index contributed by atoms with van der Waals surface area (Å²) in [4.78, 5) is 17.7. The van der Waals surface area contributed by atoms with Crippen LogP contribution in [0.5, 0.6) is 23.0 Å². The van der Waals surface area contributed by atoms with Crippen LogP contribution in [0.15, 0.2) is 60.7 Å². The Balaban J connectivity index is 1.27. The second kappa shape index (κ2) is 15.1. The summed E-state index contributed by atoms with van der Waals surface area (Å²) in [5.41, 5.74) is 3.89. The zero-order valence-corrected chi connectivity index (χ0v) is 25.4. The van der Waals surface area contributed by atoms with Crippen LogP contribution in [0.4, 0.5) is 0 Å². The van der Waals surface area contributed by atoms with Gasteiger partial charge in [0.05, 0.1) is 39.0 Å². The number of hydrogen-bond acceptors (Lipinski definition) is 6. The van der Waals surface area contributed by atoms with Crippen molar-refractivity contribution >= 4 is 16.9 Å². The number of ether oxygens (including phenoxy) is 4. The summed E-state index contributed by atoms with van der Waals surface area (Å²) in [6.07, 6.45) is 4.62. The van der Waals surface area contributed by atoms with Gasteiger partial charge in [-0.1, -0.05) is 50.6 Å². The van der Waals surface area contributed by atoms with Crippen molar-refractivity contribution in [2.75, 3.05) is 34.5 Å².